The lowest BCUT2D eigenvalue weighted by Crippen LogP contribution is -2.33. The highest BCUT2D eigenvalue weighted by Crippen LogP contribution is 2.46. The molecule has 0 spiro atoms. The fourth-order valence-corrected chi connectivity index (χ4v) is 6.02. The van der Waals surface area contributed by atoms with E-state index >= 15 is 0 Å². The van der Waals surface area contributed by atoms with E-state index in [-0.39, 0.29) is 35.7 Å². The Morgan fingerprint density at radius 1 is 1.04 bits per heavy atom. The Labute approximate surface area is 258 Å². The largest absolute Gasteiger partial charge is 0.478 e. The number of carboxylic acids is 1. The van der Waals surface area contributed by atoms with Crippen LogP contribution in [0.1, 0.15) is 41.7 Å². The molecular formula is C32H33N7O6. The normalized spacial score (nSPS) is 22.4. The Hall–Kier alpha value is -5.14. The van der Waals surface area contributed by atoms with Crippen molar-refractivity contribution < 1.29 is 29.0 Å². The summed E-state index contributed by atoms with van der Waals surface area (Å²) in [4.78, 5) is 52.2. The number of aromatic nitrogens is 4. The van der Waals surface area contributed by atoms with Crippen LogP contribution in [0, 0.1) is 5.92 Å². The van der Waals surface area contributed by atoms with E-state index in [1.54, 1.807) is 31.6 Å². The first-order chi connectivity index (χ1) is 21.8. The van der Waals surface area contributed by atoms with Gasteiger partial charge in [0.2, 0.25) is 5.91 Å². The lowest BCUT2D eigenvalue weighted by atomic mass is 10.00. The van der Waals surface area contributed by atoms with E-state index in [2.05, 4.69) is 25.6 Å². The Bertz CT molecular complexity index is 1740. The zero-order chi connectivity index (χ0) is 31.5. The topological polar surface area (TPSA) is 161 Å². The summed E-state index contributed by atoms with van der Waals surface area (Å²) in [6, 6.07) is 15.5. The maximum Gasteiger partial charge on any atom is 0.337 e. The number of para-hydroxylation sites is 1. The highest BCUT2D eigenvalue weighted by molar-refractivity contribution is 6.01. The van der Waals surface area contributed by atoms with E-state index in [0.29, 0.717) is 29.8 Å². The number of anilines is 2. The van der Waals surface area contributed by atoms with Gasteiger partial charge in [-0.15, -0.1) is 0 Å². The number of carbonyl (C=O) groups excluding carboxylic acids is 2. The van der Waals surface area contributed by atoms with Crippen molar-refractivity contribution in [1.29, 1.82) is 0 Å². The van der Waals surface area contributed by atoms with Crippen molar-refractivity contribution in [3.05, 3.63) is 84.5 Å². The lowest BCUT2D eigenvalue weighted by molar-refractivity contribution is -0.120. The van der Waals surface area contributed by atoms with Gasteiger partial charge in [-0.25, -0.2) is 24.5 Å². The van der Waals surface area contributed by atoms with Gasteiger partial charge in [-0.2, -0.15) is 0 Å². The van der Waals surface area contributed by atoms with Gasteiger partial charge in [0, 0.05) is 20.0 Å². The first-order valence-electron chi connectivity index (χ1n) is 14.7. The van der Waals surface area contributed by atoms with Crippen LogP contribution in [0.25, 0.3) is 17.2 Å². The third-order valence-electron chi connectivity index (χ3n) is 8.13. The number of nitrogens with zero attached hydrogens (tertiary/aromatic N) is 5. The van der Waals surface area contributed by atoms with Crippen LogP contribution in [0.4, 0.5) is 16.3 Å². The number of rotatable bonds is 9. The number of carbonyl (C=O) groups is 3. The second kappa shape index (κ2) is 12.8. The van der Waals surface area contributed by atoms with Gasteiger partial charge in [-0.3, -0.25) is 10.1 Å². The first-order valence-corrected chi connectivity index (χ1v) is 14.7. The van der Waals surface area contributed by atoms with E-state index in [4.69, 9.17) is 9.47 Å². The van der Waals surface area contributed by atoms with Gasteiger partial charge in [0.05, 0.1) is 29.7 Å². The van der Waals surface area contributed by atoms with Gasteiger partial charge >= 0.3 is 12.0 Å². The molecule has 2 fully saturated rings. The number of carboxylic acid groups (broad SMARTS) is 1. The summed E-state index contributed by atoms with van der Waals surface area (Å²) in [5.41, 5.74) is 2.28. The molecule has 13 heteroatoms. The highest BCUT2D eigenvalue weighted by Gasteiger charge is 2.52. The van der Waals surface area contributed by atoms with Crippen molar-refractivity contribution in [3.8, 4) is 0 Å². The number of fused-ring (bicyclic) bond motifs is 2. The molecule has 2 aromatic heterocycles. The summed E-state index contributed by atoms with van der Waals surface area (Å²) in [5, 5.41) is 15.1. The fraction of sp³-hybridized carbons (Fsp3) is 0.312. The van der Waals surface area contributed by atoms with Crippen molar-refractivity contribution >= 4 is 46.7 Å². The van der Waals surface area contributed by atoms with E-state index in [0.717, 1.165) is 5.56 Å². The van der Waals surface area contributed by atoms with Gasteiger partial charge in [-0.1, -0.05) is 48.5 Å². The summed E-state index contributed by atoms with van der Waals surface area (Å²) in [6.07, 6.45) is 5.88. The number of urea groups is 1. The second-order valence-corrected chi connectivity index (χ2v) is 10.9. The van der Waals surface area contributed by atoms with E-state index in [9.17, 15) is 19.5 Å². The number of amides is 3. The average Bonchev–Trinajstić information content (AvgIpc) is 3.75. The third kappa shape index (κ3) is 6.12. The first kappa shape index (κ1) is 29.9. The predicted octanol–water partition coefficient (Wildman–Crippen LogP) is 4.10. The minimum atomic E-state index is -1.11. The number of hydrogen-bond acceptors (Lipinski definition) is 8. The minimum Gasteiger partial charge on any atom is -0.478 e. The van der Waals surface area contributed by atoms with Crippen molar-refractivity contribution in [2.75, 3.05) is 23.8 Å². The molecule has 45 heavy (non-hydrogen) atoms. The molecule has 1 aliphatic heterocycles. The molecule has 1 saturated carbocycles. The SMILES string of the molecule is CCNC(=O)Nc1ncnc2c1ncn2C1CC(CC(=O)N(C)c2ccccc2C(=O)O)C2O[C@H](/C=C/c3ccccc3)OC21. The molecule has 5 atom stereocenters. The fourth-order valence-electron chi connectivity index (χ4n) is 6.02. The molecule has 1 aliphatic carbocycles. The monoisotopic (exact) mass is 611 g/mol. The Balaban J connectivity index is 1.28. The Morgan fingerprint density at radius 3 is 2.58 bits per heavy atom. The molecule has 2 aromatic carbocycles. The van der Waals surface area contributed by atoms with E-state index in [1.807, 2.05) is 54.0 Å². The molecule has 13 nitrogen and oxygen atoms in total. The summed E-state index contributed by atoms with van der Waals surface area (Å²) < 4.78 is 14.7. The van der Waals surface area contributed by atoms with Crippen molar-refractivity contribution in [3.63, 3.8) is 0 Å². The molecule has 3 N–H and O–H groups in total. The Morgan fingerprint density at radius 2 is 1.80 bits per heavy atom. The molecule has 2 aliphatic rings. The van der Waals surface area contributed by atoms with Crippen molar-refractivity contribution in [1.82, 2.24) is 24.8 Å². The third-order valence-corrected chi connectivity index (χ3v) is 8.13. The van der Waals surface area contributed by atoms with Gasteiger partial charge in [0.1, 0.15) is 12.4 Å². The lowest BCUT2D eigenvalue weighted by Gasteiger charge is -2.23. The van der Waals surface area contributed by atoms with Crippen LogP contribution in [0.15, 0.2) is 73.3 Å². The average molecular weight is 612 g/mol. The summed E-state index contributed by atoms with van der Waals surface area (Å²) in [6.45, 7) is 2.27. The summed E-state index contributed by atoms with van der Waals surface area (Å²) in [5.74, 6) is -1.33. The van der Waals surface area contributed by atoms with Gasteiger partial charge in [-0.05, 0) is 43.0 Å². The number of hydrogen-bond donors (Lipinski definition) is 3. The molecular weight excluding hydrogens is 578 g/mol. The van der Waals surface area contributed by atoms with E-state index in [1.165, 1.54) is 17.3 Å². The number of imidazole rings is 1. The number of benzene rings is 2. The smallest absolute Gasteiger partial charge is 0.337 e. The van der Waals surface area contributed by atoms with Crippen LogP contribution in [0.2, 0.25) is 0 Å². The van der Waals surface area contributed by atoms with Crippen molar-refractivity contribution in [2.24, 2.45) is 5.92 Å². The maximum absolute atomic E-state index is 13.6. The second-order valence-electron chi connectivity index (χ2n) is 10.9. The van der Waals surface area contributed by atoms with Gasteiger partial charge in [0.25, 0.3) is 0 Å². The van der Waals surface area contributed by atoms with Crippen LogP contribution in [-0.4, -0.2) is 74.6 Å². The van der Waals surface area contributed by atoms with Crippen LogP contribution in [0.5, 0.6) is 0 Å². The summed E-state index contributed by atoms with van der Waals surface area (Å²) >= 11 is 0. The molecule has 0 bridgehead atoms. The minimum absolute atomic E-state index is 0.0451. The molecule has 3 amide bonds. The maximum atomic E-state index is 13.6. The van der Waals surface area contributed by atoms with E-state index < -0.39 is 30.5 Å². The Kier molecular flexibility index (Phi) is 8.54. The molecule has 6 rings (SSSR count). The molecule has 4 aromatic rings. The zero-order valence-corrected chi connectivity index (χ0v) is 24.7. The molecule has 4 unspecified atom stereocenters. The van der Waals surface area contributed by atoms with Crippen LogP contribution in [-0.2, 0) is 14.3 Å². The molecule has 0 radical (unpaired) electrons. The number of ether oxygens (including phenoxy) is 2. The number of aromatic carboxylic acids is 1. The standard InChI is InChI=1S/C32H33N7O6/c1-3-33-32(43)37-29-26-30(35-17-34-29)39(18-36-26)23-15-20(16-24(40)38(2)22-12-8-7-11-21(22)31(41)42)27-28(23)45-25(44-27)14-13-19-9-5-4-6-10-19/h4-14,17-18,20,23,25,27-28H,3,15-16H2,1-2H3,(H,41,42)(H2,33,34,35,37,43)/b14-13+/t20?,23?,25-,27?,28?/m0/s1. The van der Waals surface area contributed by atoms with Crippen LogP contribution < -0.4 is 15.5 Å². The van der Waals surface area contributed by atoms with Crippen LogP contribution in [0.3, 0.4) is 0 Å². The molecule has 232 valence electrons. The number of nitrogens with one attached hydrogen (secondary N) is 2. The van der Waals surface area contributed by atoms with Crippen LogP contribution >= 0.6 is 0 Å². The zero-order valence-electron chi connectivity index (χ0n) is 24.7. The molecule has 1 saturated heterocycles. The highest BCUT2D eigenvalue weighted by atomic mass is 16.7. The molecule has 3 heterocycles. The van der Waals surface area contributed by atoms with Crippen molar-refractivity contribution in [2.45, 2.75) is 44.3 Å². The quantitative estimate of drug-likeness (QED) is 0.253. The summed E-state index contributed by atoms with van der Waals surface area (Å²) in [7, 11) is 1.58. The van der Waals surface area contributed by atoms with Gasteiger partial charge < -0.3 is 29.4 Å². The predicted molar refractivity (Wildman–Crippen MR) is 166 cm³/mol. The van der Waals surface area contributed by atoms with Gasteiger partial charge in [0.15, 0.2) is 23.3 Å².